The zero-order chi connectivity index (χ0) is 15.0. The lowest BCUT2D eigenvalue weighted by Gasteiger charge is -2.23. The van der Waals surface area contributed by atoms with E-state index in [1.54, 1.807) is 7.11 Å². The van der Waals surface area contributed by atoms with Gasteiger partial charge in [0, 0.05) is 18.7 Å². The van der Waals surface area contributed by atoms with Crippen LogP contribution in [0.2, 0.25) is 0 Å². The molecule has 20 heavy (non-hydrogen) atoms. The third-order valence-corrected chi connectivity index (χ3v) is 3.21. The van der Waals surface area contributed by atoms with Gasteiger partial charge in [-0.25, -0.2) is 0 Å². The molecule has 1 rings (SSSR count). The number of anilines is 1. The van der Waals surface area contributed by atoms with Crippen LogP contribution in [-0.2, 0) is 4.79 Å². The molecule has 0 bridgehead atoms. The van der Waals surface area contributed by atoms with Crippen molar-refractivity contribution in [3.8, 4) is 5.75 Å². The summed E-state index contributed by atoms with van der Waals surface area (Å²) >= 11 is 0. The SMILES string of the molecule is COc1ccc(N(CCCN)C(=O)CCC(C)C)cc1. The molecule has 1 aromatic rings. The van der Waals surface area contributed by atoms with Crippen molar-refractivity contribution in [3.63, 3.8) is 0 Å². The maximum Gasteiger partial charge on any atom is 0.226 e. The van der Waals surface area contributed by atoms with Crippen molar-refractivity contribution >= 4 is 11.6 Å². The number of ether oxygens (including phenoxy) is 1. The summed E-state index contributed by atoms with van der Waals surface area (Å²) < 4.78 is 5.15. The number of amides is 1. The van der Waals surface area contributed by atoms with Gasteiger partial charge in [-0.15, -0.1) is 0 Å². The van der Waals surface area contributed by atoms with Crippen LogP contribution in [0.5, 0.6) is 5.75 Å². The minimum absolute atomic E-state index is 0.164. The van der Waals surface area contributed by atoms with Crippen LogP contribution in [0.4, 0.5) is 5.69 Å². The van der Waals surface area contributed by atoms with E-state index >= 15 is 0 Å². The smallest absolute Gasteiger partial charge is 0.226 e. The molecule has 0 unspecified atom stereocenters. The molecule has 2 N–H and O–H groups in total. The van der Waals surface area contributed by atoms with Crippen molar-refractivity contribution in [3.05, 3.63) is 24.3 Å². The second-order valence-corrected chi connectivity index (χ2v) is 5.32. The monoisotopic (exact) mass is 278 g/mol. The Morgan fingerprint density at radius 3 is 2.45 bits per heavy atom. The minimum Gasteiger partial charge on any atom is -0.497 e. The summed E-state index contributed by atoms with van der Waals surface area (Å²) in [5, 5.41) is 0. The number of rotatable bonds is 8. The topological polar surface area (TPSA) is 55.6 Å². The second kappa shape index (κ2) is 8.59. The van der Waals surface area contributed by atoms with Crippen molar-refractivity contribution in [1.82, 2.24) is 0 Å². The van der Waals surface area contributed by atoms with Crippen LogP contribution < -0.4 is 15.4 Å². The summed E-state index contributed by atoms with van der Waals surface area (Å²) in [5.41, 5.74) is 6.48. The third-order valence-electron chi connectivity index (χ3n) is 3.21. The van der Waals surface area contributed by atoms with E-state index in [9.17, 15) is 4.79 Å². The van der Waals surface area contributed by atoms with Gasteiger partial charge >= 0.3 is 0 Å². The molecule has 1 amide bonds. The maximum absolute atomic E-state index is 12.4. The summed E-state index contributed by atoms with van der Waals surface area (Å²) in [5.74, 6) is 1.49. The molecule has 1 aromatic carbocycles. The van der Waals surface area contributed by atoms with E-state index in [0.717, 1.165) is 24.3 Å². The molecule has 0 aliphatic heterocycles. The number of hydrogen-bond donors (Lipinski definition) is 1. The molecular formula is C16H26N2O2. The maximum atomic E-state index is 12.4. The van der Waals surface area contributed by atoms with Crippen molar-refractivity contribution in [2.24, 2.45) is 11.7 Å². The predicted octanol–water partition coefficient (Wildman–Crippen LogP) is 2.81. The Labute approximate surface area is 121 Å². The van der Waals surface area contributed by atoms with E-state index in [1.807, 2.05) is 29.2 Å². The first-order valence-corrected chi connectivity index (χ1v) is 7.23. The molecule has 0 heterocycles. The number of benzene rings is 1. The highest BCUT2D eigenvalue weighted by Crippen LogP contribution is 2.21. The van der Waals surface area contributed by atoms with E-state index in [2.05, 4.69) is 13.8 Å². The van der Waals surface area contributed by atoms with Gasteiger partial charge in [0.25, 0.3) is 0 Å². The largest absolute Gasteiger partial charge is 0.497 e. The van der Waals surface area contributed by atoms with Crippen LogP contribution >= 0.6 is 0 Å². The molecule has 0 aliphatic rings. The average Bonchev–Trinajstić information content (AvgIpc) is 2.46. The molecule has 4 heteroatoms. The Balaban J connectivity index is 2.78. The van der Waals surface area contributed by atoms with Gasteiger partial charge in [0.05, 0.1) is 7.11 Å². The van der Waals surface area contributed by atoms with Crippen molar-refractivity contribution < 1.29 is 9.53 Å². The Hall–Kier alpha value is -1.55. The summed E-state index contributed by atoms with van der Waals surface area (Å²) in [7, 11) is 1.63. The lowest BCUT2D eigenvalue weighted by molar-refractivity contribution is -0.118. The van der Waals surface area contributed by atoms with Gasteiger partial charge in [-0.05, 0) is 49.6 Å². The van der Waals surface area contributed by atoms with E-state index in [4.69, 9.17) is 10.5 Å². The van der Waals surface area contributed by atoms with Gasteiger partial charge in [0.15, 0.2) is 0 Å². The Bertz CT molecular complexity index is 401. The number of methoxy groups -OCH3 is 1. The Morgan fingerprint density at radius 1 is 1.30 bits per heavy atom. The van der Waals surface area contributed by atoms with E-state index in [1.165, 1.54) is 0 Å². The molecule has 0 radical (unpaired) electrons. The molecule has 0 atom stereocenters. The highest BCUT2D eigenvalue weighted by molar-refractivity contribution is 5.93. The standard InChI is InChI=1S/C16H26N2O2/c1-13(2)5-10-16(19)18(12-4-11-17)14-6-8-15(20-3)9-7-14/h6-9,13H,4-5,10-12,17H2,1-3H3. The van der Waals surface area contributed by atoms with E-state index in [-0.39, 0.29) is 5.91 Å². The second-order valence-electron chi connectivity index (χ2n) is 5.32. The molecular weight excluding hydrogens is 252 g/mol. The average molecular weight is 278 g/mol. The third kappa shape index (κ3) is 5.21. The van der Waals surface area contributed by atoms with Crippen molar-refractivity contribution in [1.29, 1.82) is 0 Å². The fourth-order valence-corrected chi connectivity index (χ4v) is 1.96. The molecule has 0 aromatic heterocycles. The zero-order valence-corrected chi connectivity index (χ0v) is 12.8. The first-order valence-electron chi connectivity index (χ1n) is 7.23. The Morgan fingerprint density at radius 2 is 1.95 bits per heavy atom. The molecule has 0 fully saturated rings. The lowest BCUT2D eigenvalue weighted by atomic mass is 10.1. The molecule has 112 valence electrons. The van der Waals surface area contributed by atoms with Crippen LogP contribution in [0.15, 0.2) is 24.3 Å². The quantitative estimate of drug-likeness (QED) is 0.795. The number of hydrogen-bond acceptors (Lipinski definition) is 3. The highest BCUT2D eigenvalue weighted by atomic mass is 16.5. The Kier molecular flexibility index (Phi) is 7.09. The van der Waals surface area contributed by atoms with Crippen LogP contribution in [0.1, 0.15) is 33.1 Å². The number of carbonyl (C=O) groups excluding carboxylic acids is 1. The van der Waals surface area contributed by atoms with Gasteiger partial charge in [-0.2, -0.15) is 0 Å². The van der Waals surface area contributed by atoms with E-state index in [0.29, 0.717) is 25.4 Å². The van der Waals surface area contributed by atoms with Crippen molar-refractivity contribution in [2.75, 3.05) is 25.1 Å². The molecule has 4 nitrogen and oxygen atoms in total. The number of carbonyl (C=O) groups is 1. The van der Waals surface area contributed by atoms with Gasteiger partial charge in [0.2, 0.25) is 5.91 Å². The number of nitrogens with zero attached hydrogens (tertiary/aromatic N) is 1. The van der Waals surface area contributed by atoms with Gasteiger partial charge in [0.1, 0.15) is 5.75 Å². The zero-order valence-electron chi connectivity index (χ0n) is 12.8. The van der Waals surface area contributed by atoms with Crippen LogP contribution in [0, 0.1) is 5.92 Å². The first kappa shape index (κ1) is 16.5. The molecule has 0 saturated heterocycles. The van der Waals surface area contributed by atoms with Crippen molar-refractivity contribution in [2.45, 2.75) is 33.1 Å². The van der Waals surface area contributed by atoms with Crippen LogP contribution in [0.25, 0.3) is 0 Å². The number of nitrogens with two attached hydrogens (primary N) is 1. The normalized spacial score (nSPS) is 10.7. The summed E-state index contributed by atoms with van der Waals surface area (Å²) in [4.78, 5) is 14.2. The predicted molar refractivity (Wildman–Crippen MR) is 83.1 cm³/mol. The van der Waals surface area contributed by atoms with Crippen LogP contribution in [-0.4, -0.2) is 26.1 Å². The fraction of sp³-hybridized carbons (Fsp3) is 0.562. The highest BCUT2D eigenvalue weighted by Gasteiger charge is 2.15. The molecule has 0 aliphatic carbocycles. The minimum atomic E-state index is 0.164. The lowest BCUT2D eigenvalue weighted by Crippen LogP contribution is -2.33. The fourth-order valence-electron chi connectivity index (χ4n) is 1.96. The molecule has 0 spiro atoms. The summed E-state index contributed by atoms with van der Waals surface area (Å²) in [6.45, 7) is 5.51. The van der Waals surface area contributed by atoms with Gasteiger partial charge in [-0.1, -0.05) is 13.8 Å². The van der Waals surface area contributed by atoms with Gasteiger partial charge in [-0.3, -0.25) is 4.79 Å². The summed E-state index contributed by atoms with van der Waals surface area (Å²) in [6.07, 6.45) is 2.29. The van der Waals surface area contributed by atoms with Crippen LogP contribution in [0.3, 0.4) is 0 Å². The van der Waals surface area contributed by atoms with Gasteiger partial charge < -0.3 is 15.4 Å². The first-order chi connectivity index (χ1) is 9.58. The van der Waals surface area contributed by atoms with E-state index < -0.39 is 0 Å². The molecule has 0 saturated carbocycles. The summed E-state index contributed by atoms with van der Waals surface area (Å²) in [6, 6.07) is 7.59.